The molecule has 138 valence electrons. The summed E-state index contributed by atoms with van der Waals surface area (Å²) < 4.78 is 18.5. The number of para-hydroxylation sites is 1. The van der Waals surface area contributed by atoms with Gasteiger partial charge >= 0.3 is 0 Å². The number of amides is 1. The normalized spacial score (nSPS) is 10.3. The van der Waals surface area contributed by atoms with Crippen molar-refractivity contribution in [3.05, 3.63) is 76.8 Å². The van der Waals surface area contributed by atoms with Gasteiger partial charge in [-0.2, -0.15) is 0 Å². The minimum absolute atomic E-state index is 0.0225. The van der Waals surface area contributed by atoms with E-state index in [0.29, 0.717) is 18.0 Å². The highest BCUT2D eigenvalue weighted by molar-refractivity contribution is 6.31. The van der Waals surface area contributed by atoms with Crippen LogP contribution in [0.15, 0.2) is 54.7 Å². The fraction of sp³-hybridized carbons (Fsp3) is 0.105. The molecule has 0 saturated carbocycles. The van der Waals surface area contributed by atoms with E-state index in [2.05, 4.69) is 20.6 Å². The maximum atomic E-state index is 13.2. The van der Waals surface area contributed by atoms with E-state index in [9.17, 15) is 9.18 Å². The fourth-order valence-corrected chi connectivity index (χ4v) is 2.54. The molecule has 2 aromatic carbocycles. The van der Waals surface area contributed by atoms with Crippen molar-refractivity contribution in [1.82, 2.24) is 15.3 Å². The zero-order chi connectivity index (χ0) is 19.2. The van der Waals surface area contributed by atoms with Crippen LogP contribution in [-0.2, 0) is 6.54 Å². The smallest absolute Gasteiger partial charge is 0.270 e. The second-order valence-electron chi connectivity index (χ2n) is 5.51. The van der Waals surface area contributed by atoms with Crippen LogP contribution in [0.1, 0.15) is 16.1 Å². The monoisotopic (exact) mass is 386 g/mol. The Morgan fingerprint density at radius 1 is 1.22 bits per heavy atom. The van der Waals surface area contributed by atoms with Crippen LogP contribution >= 0.6 is 11.6 Å². The van der Waals surface area contributed by atoms with Gasteiger partial charge in [0.2, 0.25) is 5.95 Å². The fourth-order valence-electron chi connectivity index (χ4n) is 2.36. The molecule has 0 aliphatic heterocycles. The standard InChI is InChI=1S/C19H16ClFN4O2/c1-27-17-5-3-2-4-12(17)11-23-18(26)16-8-9-22-19(25-16)24-13-6-7-15(21)14(20)10-13/h2-10H,11H2,1H3,(H,23,26)(H,22,24,25). The number of hydrogen-bond donors (Lipinski definition) is 2. The maximum absolute atomic E-state index is 13.2. The van der Waals surface area contributed by atoms with E-state index in [1.54, 1.807) is 7.11 Å². The number of nitrogens with zero attached hydrogens (tertiary/aromatic N) is 2. The summed E-state index contributed by atoms with van der Waals surface area (Å²) in [5.74, 6) is 0.00902. The SMILES string of the molecule is COc1ccccc1CNC(=O)c1ccnc(Nc2ccc(F)c(Cl)c2)n1. The number of methoxy groups -OCH3 is 1. The highest BCUT2D eigenvalue weighted by Crippen LogP contribution is 2.21. The van der Waals surface area contributed by atoms with Crippen LogP contribution in [0.4, 0.5) is 16.0 Å². The molecule has 6 nitrogen and oxygen atoms in total. The summed E-state index contributed by atoms with van der Waals surface area (Å²) in [6.45, 7) is 0.295. The Kier molecular flexibility index (Phi) is 5.83. The molecule has 0 spiro atoms. The summed E-state index contributed by atoms with van der Waals surface area (Å²) in [6, 6.07) is 13.0. The Labute approximate surface area is 160 Å². The molecule has 0 fully saturated rings. The summed E-state index contributed by atoms with van der Waals surface area (Å²) in [5.41, 5.74) is 1.55. The van der Waals surface area contributed by atoms with Crippen molar-refractivity contribution in [1.29, 1.82) is 0 Å². The van der Waals surface area contributed by atoms with Crippen LogP contribution in [0.2, 0.25) is 5.02 Å². The number of benzene rings is 2. The number of halogens is 2. The van der Waals surface area contributed by atoms with Gasteiger partial charge in [-0.1, -0.05) is 29.8 Å². The van der Waals surface area contributed by atoms with E-state index in [-0.39, 0.29) is 22.6 Å². The van der Waals surface area contributed by atoms with Gasteiger partial charge in [0.15, 0.2) is 0 Å². The highest BCUT2D eigenvalue weighted by Gasteiger charge is 2.11. The maximum Gasteiger partial charge on any atom is 0.270 e. The third kappa shape index (κ3) is 4.71. The lowest BCUT2D eigenvalue weighted by molar-refractivity contribution is 0.0945. The second kappa shape index (κ2) is 8.46. The molecule has 0 aliphatic rings. The zero-order valence-electron chi connectivity index (χ0n) is 14.4. The van der Waals surface area contributed by atoms with Crippen molar-refractivity contribution in [2.75, 3.05) is 12.4 Å². The average molecular weight is 387 g/mol. The first kappa shape index (κ1) is 18.6. The Balaban J connectivity index is 1.69. The Morgan fingerprint density at radius 2 is 2.04 bits per heavy atom. The van der Waals surface area contributed by atoms with Gasteiger partial charge in [-0.15, -0.1) is 0 Å². The molecule has 3 rings (SSSR count). The molecule has 0 saturated heterocycles. The zero-order valence-corrected chi connectivity index (χ0v) is 15.1. The van der Waals surface area contributed by atoms with Gasteiger partial charge < -0.3 is 15.4 Å². The largest absolute Gasteiger partial charge is 0.496 e. The Morgan fingerprint density at radius 3 is 2.81 bits per heavy atom. The molecular weight excluding hydrogens is 371 g/mol. The van der Waals surface area contributed by atoms with Crippen molar-refractivity contribution in [3.8, 4) is 5.75 Å². The summed E-state index contributed by atoms with van der Waals surface area (Å²) in [5, 5.41) is 5.65. The minimum atomic E-state index is -0.521. The molecule has 3 aromatic rings. The van der Waals surface area contributed by atoms with Gasteiger partial charge in [0.05, 0.1) is 12.1 Å². The topological polar surface area (TPSA) is 76.1 Å². The molecular formula is C19H16ClFN4O2. The van der Waals surface area contributed by atoms with E-state index in [1.807, 2.05) is 24.3 Å². The lowest BCUT2D eigenvalue weighted by atomic mass is 10.2. The molecule has 27 heavy (non-hydrogen) atoms. The van der Waals surface area contributed by atoms with Crippen LogP contribution in [0.3, 0.4) is 0 Å². The molecule has 0 aliphatic carbocycles. The van der Waals surface area contributed by atoms with Crippen molar-refractivity contribution < 1.29 is 13.9 Å². The number of ether oxygens (including phenoxy) is 1. The van der Waals surface area contributed by atoms with Gasteiger partial charge in [0.25, 0.3) is 5.91 Å². The molecule has 1 amide bonds. The van der Waals surface area contributed by atoms with E-state index >= 15 is 0 Å². The summed E-state index contributed by atoms with van der Waals surface area (Å²) in [4.78, 5) is 20.6. The summed E-state index contributed by atoms with van der Waals surface area (Å²) >= 11 is 5.76. The number of rotatable bonds is 6. The average Bonchev–Trinajstić information content (AvgIpc) is 2.69. The third-order valence-electron chi connectivity index (χ3n) is 3.70. The van der Waals surface area contributed by atoms with Crippen molar-refractivity contribution in [2.45, 2.75) is 6.54 Å². The molecule has 0 unspecified atom stereocenters. The van der Waals surface area contributed by atoms with Crippen LogP contribution in [-0.4, -0.2) is 23.0 Å². The van der Waals surface area contributed by atoms with Gasteiger partial charge in [0, 0.05) is 24.0 Å². The predicted molar refractivity (Wildman–Crippen MR) is 101 cm³/mol. The predicted octanol–water partition coefficient (Wildman–Crippen LogP) is 3.95. The van der Waals surface area contributed by atoms with Gasteiger partial charge in [-0.05, 0) is 30.3 Å². The quantitative estimate of drug-likeness (QED) is 0.670. The molecule has 0 radical (unpaired) electrons. The van der Waals surface area contributed by atoms with Gasteiger partial charge in [0.1, 0.15) is 17.3 Å². The molecule has 2 N–H and O–H groups in total. The first-order chi connectivity index (χ1) is 13.1. The number of carbonyl (C=O) groups excluding carboxylic acids is 1. The third-order valence-corrected chi connectivity index (χ3v) is 3.99. The van der Waals surface area contributed by atoms with Crippen LogP contribution < -0.4 is 15.4 Å². The lowest BCUT2D eigenvalue weighted by Crippen LogP contribution is -2.24. The van der Waals surface area contributed by atoms with Crippen molar-refractivity contribution >= 4 is 29.1 Å². The van der Waals surface area contributed by atoms with E-state index in [1.165, 1.54) is 30.5 Å². The first-order valence-corrected chi connectivity index (χ1v) is 8.40. The first-order valence-electron chi connectivity index (χ1n) is 8.02. The number of aromatic nitrogens is 2. The van der Waals surface area contributed by atoms with Crippen LogP contribution in [0, 0.1) is 5.82 Å². The van der Waals surface area contributed by atoms with Gasteiger partial charge in [-0.3, -0.25) is 4.79 Å². The second-order valence-corrected chi connectivity index (χ2v) is 5.92. The van der Waals surface area contributed by atoms with Gasteiger partial charge in [-0.25, -0.2) is 14.4 Å². The van der Waals surface area contributed by atoms with Crippen molar-refractivity contribution in [2.24, 2.45) is 0 Å². The van der Waals surface area contributed by atoms with Crippen molar-refractivity contribution in [3.63, 3.8) is 0 Å². The lowest BCUT2D eigenvalue weighted by Gasteiger charge is -2.10. The molecule has 0 atom stereocenters. The van der Waals surface area contributed by atoms with E-state index in [4.69, 9.17) is 16.3 Å². The summed E-state index contributed by atoms with van der Waals surface area (Å²) in [7, 11) is 1.57. The highest BCUT2D eigenvalue weighted by atomic mass is 35.5. The summed E-state index contributed by atoms with van der Waals surface area (Å²) in [6.07, 6.45) is 1.46. The van der Waals surface area contributed by atoms with E-state index < -0.39 is 5.82 Å². The van der Waals surface area contributed by atoms with E-state index in [0.717, 1.165) is 5.56 Å². The molecule has 1 aromatic heterocycles. The molecule has 0 bridgehead atoms. The number of hydrogen-bond acceptors (Lipinski definition) is 5. The van der Waals surface area contributed by atoms with Crippen LogP contribution in [0.5, 0.6) is 5.75 Å². The van der Waals surface area contributed by atoms with Crippen LogP contribution in [0.25, 0.3) is 0 Å². The molecule has 8 heteroatoms. The number of carbonyl (C=O) groups is 1. The number of nitrogens with one attached hydrogen (secondary N) is 2. The number of anilines is 2. The Hall–Kier alpha value is -3.19. The molecule has 1 heterocycles. The Bertz CT molecular complexity index is 968. The minimum Gasteiger partial charge on any atom is -0.496 e.